The highest BCUT2D eigenvalue weighted by atomic mass is 16.5. The first-order valence-corrected chi connectivity index (χ1v) is 2.93. The van der Waals surface area contributed by atoms with Crippen LogP contribution in [0.5, 0.6) is 11.5 Å². The van der Waals surface area contributed by atoms with E-state index in [1.54, 1.807) is 13.2 Å². The molecule has 1 aromatic carbocycles. The maximum Gasteiger partial charge on any atom is 0.123 e. The van der Waals surface area contributed by atoms with E-state index in [2.05, 4.69) is 7.11 Å². The fourth-order valence-corrected chi connectivity index (χ4v) is 0.691. The van der Waals surface area contributed by atoms with Crippen LogP contribution < -0.4 is 9.47 Å². The Bertz CT molecular complexity index is 189. The molecule has 1 aromatic rings. The van der Waals surface area contributed by atoms with Gasteiger partial charge in [0.1, 0.15) is 18.6 Å². The summed E-state index contributed by atoms with van der Waals surface area (Å²) < 4.78 is 9.68. The molecule has 2 nitrogen and oxygen atoms in total. The van der Waals surface area contributed by atoms with Crippen LogP contribution >= 0.6 is 0 Å². The normalized spacial score (nSPS) is 9.00. The smallest absolute Gasteiger partial charge is 0.123 e. The van der Waals surface area contributed by atoms with E-state index in [9.17, 15) is 0 Å². The van der Waals surface area contributed by atoms with Gasteiger partial charge < -0.3 is 9.47 Å². The van der Waals surface area contributed by atoms with Crippen molar-refractivity contribution in [1.82, 2.24) is 0 Å². The summed E-state index contributed by atoms with van der Waals surface area (Å²) in [6, 6.07) is 7.28. The van der Waals surface area contributed by atoms with E-state index in [1.165, 1.54) is 0 Å². The molecule has 1 rings (SSSR count). The molecule has 0 amide bonds. The fraction of sp³-hybridized carbons (Fsp3) is 0.125. The molecule has 10 heavy (non-hydrogen) atoms. The molecule has 0 N–H and O–H groups in total. The van der Waals surface area contributed by atoms with Gasteiger partial charge in [0.15, 0.2) is 0 Å². The van der Waals surface area contributed by atoms with Crippen molar-refractivity contribution in [2.24, 2.45) is 0 Å². The van der Waals surface area contributed by atoms with Crippen molar-refractivity contribution < 1.29 is 9.47 Å². The Morgan fingerprint density at radius 3 is 2.60 bits per heavy atom. The molecule has 53 valence electrons. The van der Waals surface area contributed by atoms with Gasteiger partial charge >= 0.3 is 0 Å². The highest BCUT2D eigenvalue weighted by Gasteiger charge is 1.91. The molecule has 0 aromatic heterocycles. The minimum atomic E-state index is 0.708. The van der Waals surface area contributed by atoms with Crippen molar-refractivity contribution in [3.63, 3.8) is 0 Å². The Morgan fingerprint density at radius 1 is 1.30 bits per heavy atom. The lowest BCUT2D eigenvalue weighted by Gasteiger charge is -2.01. The minimum Gasteiger partial charge on any atom is -0.497 e. The van der Waals surface area contributed by atoms with Crippen LogP contribution in [0.2, 0.25) is 0 Å². The number of rotatable bonds is 2. The molecule has 0 atom stereocenters. The molecule has 0 bridgehead atoms. The third-order valence-electron chi connectivity index (χ3n) is 1.21. The predicted molar refractivity (Wildman–Crippen MR) is 39.0 cm³/mol. The molecule has 0 heterocycles. The molecule has 0 saturated heterocycles. The Kier molecular flexibility index (Phi) is 2.15. The van der Waals surface area contributed by atoms with Gasteiger partial charge in [-0.1, -0.05) is 6.07 Å². The molecule has 0 saturated carbocycles. The molecular weight excluding hydrogens is 128 g/mol. The van der Waals surface area contributed by atoms with E-state index in [4.69, 9.17) is 9.47 Å². The number of hydrogen-bond acceptors (Lipinski definition) is 2. The third-order valence-corrected chi connectivity index (χ3v) is 1.21. The highest BCUT2D eigenvalue weighted by molar-refractivity contribution is 5.32. The Balaban J connectivity index is 2.87. The summed E-state index contributed by atoms with van der Waals surface area (Å²) in [6.45, 7) is 0. The van der Waals surface area contributed by atoms with Crippen molar-refractivity contribution in [2.75, 3.05) is 7.11 Å². The maximum atomic E-state index is 4.95. The molecular formula is C8H9O2. The van der Waals surface area contributed by atoms with Gasteiger partial charge in [-0.2, -0.15) is 0 Å². The number of hydrogen-bond donors (Lipinski definition) is 0. The first-order chi connectivity index (χ1) is 4.86. The van der Waals surface area contributed by atoms with Gasteiger partial charge in [-0.15, -0.1) is 0 Å². The van der Waals surface area contributed by atoms with E-state index >= 15 is 0 Å². The van der Waals surface area contributed by atoms with E-state index in [1.807, 2.05) is 18.2 Å². The van der Waals surface area contributed by atoms with Gasteiger partial charge in [-0.3, -0.25) is 0 Å². The van der Waals surface area contributed by atoms with Crippen molar-refractivity contribution in [3.8, 4) is 11.5 Å². The maximum absolute atomic E-state index is 4.95. The second-order valence-corrected chi connectivity index (χ2v) is 1.82. The zero-order chi connectivity index (χ0) is 7.40. The molecule has 0 aliphatic heterocycles. The van der Waals surface area contributed by atoms with E-state index in [0.717, 1.165) is 5.75 Å². The molecule has 2 heteroatoms. The lowest BCUT2D eigenvalue weighted by Crippen LogP contribution is -1.83. The lowest BCUT2D eigenvalue weighted by atomic mass is 10.3. The minimum absolute atomic E-state index is 0.708. The zero-order valence-electron chi connectivity index (χ0n) is 5.83. The van der Waals surface area contributed by atoms with Crippen molar-refractivity contribution in [2.45, 2.75) is 0 Å². The van der Waals surface area contributed by atoms with Crippen molar-refractivity contribution in [3.05, 3.63) is 31.4 Å². The second-order valence-electron chi connectivity index (χ2n) is 1.82. The SMILES string of the molecule is [CH2]Oc1cccc(OC)c1. The lowest BCUT2D eigenvalue weighted by molar-refractivity contribution is 0.408. The first-order valence-electron chi connectivity index (χ1n) is 2.93. The van der Waals surface area contributed by atoms with Crippen LogP contribution in [0, 0.1) is 7.11 Å². The summed E-state index contributed by atoms with van der Waals surface area (Å²) in [5.74, 6) is 1.49. The number of benzene rings is 1. The van der Waals surface area contributed by atoms with Crippen LogP contribution in [0.15, 0.2) is 24.3 Å². The number of methoxy groups -OCH3 is 1. The molecule has 0 spiro atoms. The van der Waals surface area contributed by atoms with E-state index < -0.39 is 0 Å². The fourth-order valence-electron chi connectivity index (χ4n) is 0.691. The van der Waals surface area contributed by atoms with Crippen LogP contribution in [-0.4, -0.2) is 7.11 Å². The molecule has 0 fully saturated rings. The van der Waals surface area contributed by atoms with Crippen LogP contribution in [0.4, 0.5) is 0 Å². The summed E-state index contributed by atoms with van der Waals surface area (Å²) in [6.07, 6.45) is 0. The third kappa shape index (κ3) is 1.41. The highest BCUT2D eigenvalue weighted by Crippen LogP contribution is 2.17. The van der Waals surface area contributed by atoms with Gasteiger partial charge in [0.05, 0.1) is 7.11 Å². The first kappa shape index (κ1) is 6.93. The van der Waals surface area contributed by atoms with Gasteiger partial charge in [0.25, 0.3) is 0 Å². The summed E-state index contributed by atoms with van der Waals surface area (Å²) in [5, 5.41) is 0. The zero-order valence-corrected chi connectivity index (χ0v) is 5.83. The van der Waals surface area contributed by atoms with Gasteiger partial charge in [0.2, 0.25) is 0 Å². The standard InChI is InChI=1S/C8H9O2/c1-9-7-4-3-5-8(6-7)10-2/h3-6H,1H2,2H3. The average molecular weight is 137 g/mol. The molecule has 0 aliphatic carbocycles. The van der Waals surface area contributed by atoms with Gasteiger partial charge in [0, 0.05) is 6.07 Å². The largest absolute Gasteiger partial charge is 0.497 e. The van der Waals surface area contributed by atoms with Crippen LogP contribution in [0.25, 0.3) is 0 Å². The molecule has 1 radical (unpaired) electrons. The van der Waals surface area contributed by atoms with E-state index in [0.29, 0.717) is 5.75 Å². The summed E-state index contributed by atoms with van der Waals surface area (Å²) >= 11 is 0. The Hall–Kier alpha value is -1.18. The van der Waals surface area contributed by atoms with Crippen LogP contribution in [0.3, 0.4) is 0 Å². The van der Waals surface area contributed by atoms with E-state index in [-0.39, 0.29) is 0 Å². The summed E-state index contributed by atoms with van der Waals surface area (Å²) in [7, 11) is 4.89. The quantitative estimate of drug-likeness (QED) is 0.619. The topological polar surface area (TPSA) is 18.5 Å². The van der Waals surface area contributed by atoms with Crippen molar-refractivity contribution >= 4 is 0 Å². The predicted octanol–water partition coefficient (Wildman–Crippen LogP) is 1.87. The molecule has 0 unspecified atom stereocenters. The second kappa shape index (κ2) is 3.11. The average Bonchev–Trinajstić information content (AvgIpc) is 2.05. The van der Waals surface area contributed by atoms with Crippen LogP contribution in [0.1, 0.15) is 0 Å². The van der Waals surface area contributed by atoms with Crippen LogP contribution in [-0.2, 0) is 0 Å². The summed E-state index contributed by atoms with van der Waals surface area (Å²) in [5.41, 5.74) is 0. The van der Waals surface area contributed by atoms with Gasteiger partial charge in [-0.25, -0.2) is 0 Å². The van der Waals surface area contributed by atoms with Crippen molar-refractivity contribution in [1.29, 1.82) is 0 Å². The monoisotopic (exact) mass is 137 g/mol. The number of ether oxygens (including phenoxy) is 2. The Labute approximate surface area is 60.4 Å². The molecule has 0 aliphatic rings. The van der Waals surface area contributed by atoms with Gasteiger partial charge in [-0.05, 0) is 12.1 Å². The summed E-state index contributed by atoms with van der Waals surface area (Å²) in [4.78, 5) is 0. The Morgan fingerprint density at radius 2 is 2.00 bits per heavy atom.